The maximum atomic E-state index is 12.8. The van der Waals surface area contributed by atoms with Crippen molar-refractivity contribution in [3.8, 4) is 0 Å². The van der Waals surface area contributed by atoms with Crippen molar-refractivity contribution in [2.45, 2.75) is 39.2 Å². The van der Waals surface area contributed by atoms with Gasteiger partial charge in [-0.2, -0.15) is 0 Å². The van der Waals surface area contributed by atoms with Crippen molar-refractivity contribution in [1.29, 1.82) is 0 Å². The van der Waals surface area contributed by atoms with Crippen LogP contribution < -0.4 is 5.32 Å². The normalized spacial score (nSPS) is 19.7. The first kappa shape index (κ1) is 16.0. The van der Waals surface area contributed by atoms with Crippen molar-refractivity contribution in [2.75, 3.05) is 19.6 Å². The van der Waals surface area contributed by atoms with E-state index in [1.54, 1.807) is 12.1 Å². The minimum atomic E-state index is -0.268. The molecule has 4 heteroatoms. The lowest BCUT2D eigenvalue weighted by atomic mass is 9.97. The first-order valence-corrected chi connectivity index (χ1v) is 7.80. The largest absolute Gasteiger partial charge is 0.355 e. The number of carbonyl (C=O) groups is 1. The highest BCUT2D eigenvalue weighted by atomic mass is 19.1. The highest BCUT2D eigenvalue weighted by molar-refractivity contribution is 5.78. The first-order valence-electron chi connectivity index (χ1n) is 7.80. The van der Waals surface area contributed by atoms with Gasteiger partial charge >= 0.3 is 0 Å². The van der Waals surface area contributed by atoms with Crippen LogP contribution in [0.1, 0.15) is 32.3 Å². The van der Waals surface area contributed by atoms with E-state index in [1.807, 2.05) is 0 Å². The van der Waals surface area contributed by atoms with Crippen molar-refractivity contribution in [2.24, 2.45) is 5.92 Å². The Bertz CT molecular complexity index is 458. The van der Waals surface area contributed by atoms with Gasteiger partial charge in [0.1, 0.15) is 5.82 Å². The molecule has 1 saturated heterocycles. The SMILES string of the molecule is CC(C)N1CCCC(CNC(=O)Cc2ccc(F)cc2)C1. The topological polar surface area (TPSA) is 32.3 Å². The van der Waals surface area contributed by atoms with Crippen LogP contribution >= 0.6 is 0 Å². The summed E-state index contributed by atoms with van der Waals surface area (Å²) in [4.78, 5) is 14.4. The molecule has 1 aliphatic rings. The number of nitrogens with zero attached hydrogens (tertiary/aromatic N) is 1. The quantitative estimate of drug-likeness (QED) is 0.905. The summed E-state index contributed by atoms with van der Waals surface area (Å²) in [5.41, 5.74) is 0.848. The summed E-state index contributed by atoms with van der Waals surface area (Å²) >= 11 is 0. The standard InChI is InChI=1S/C17H25FN2O/c1-13(2)20-9-3-4-15(12-20)11-19-17(21)10-14-5-7-16(18)8-6-14/h5-8,13,15H,3-4,9-12H2,1-2H3,(H,19,21). The average Bonchev–Trinajstić information content (AvgIpc) is 2.48. The fraction of sp³-hybridized carbons (Fsp3) is 0.588. The summed E-state index contributed by atoms with van der Waals surface area (Å²) in [7, 11) is 0. The minimum absolute atomic E-state index is 0.0169. The number of piperidine rings is 1. The Kier molecular flexibility index (Phi) is 5.74. The highest BCUT2D eigenvalue weighted by Gasteiger charge is 2.21. The van der Waals surface area contributed by atoms with Gasteiger partial charge < -0.3 is 10.2 Å². The third kappa shape index (κ3) is 5.12. The Labute approximate surface area is 126 Å². The van der Waals surface area contributed by atoms with Crippen LogP contribution in [-0.4, -0.2) is 36.5 Å². The summed E-state index contributed by atoms with van der Waals surface area (Å²) < 4.78 is 12.8. The van der Waals surface area contributed by atoms with Crippen LogP contribution in [0.5, 0.6) is 0 Å². The Morgan fingerprint density at radius 1 is 1.38 bits per heavy atom. The Balaban J connectivity index is 1.74. The zero-order valence-corrected chi connectivity index (χ0v) is 12.9. The van der Waals surface area contributed by atoms with E-state index in [1.165, 1.54) is 25.0 Å². The minimum Gasteiger partial charge on any atom is -0.355 e. The number of halogens is 1. The Morgan fingerprint density at radius 2 is 2.10 bits per heavy atom. The predicted octanol–water partition coefficient (Wildman–Crippen LogP) is 2.60. The van der Waals surface area contributed by atoms with Crippen LogP contribution in [-0.2, 0) is 11.2 Å². The molecule has 1 unspecified atom stereocenters. The number of benzene rings is 1. The number of likely N-dealkylation sites (tertiary alicyclic amines) is 1. The lowest BCUT2D eigenvalue weighted by Gasteiger charge is -2.35. The maximum absolute atomic E-state index is 12.8. The molecule has 1 fully saturated rings. The Morgan fingerprint density at radius 3 is 2.76 bits per heavy atom. The molecule has 0 aromatic heterocycles. The van der Waals surface area contributed by atoms with E-state index in [0.29, 0.717) is 18.4 Å². The first-order chi connectivity index (χ1) is 10.0. The monoisotopic (exact) mass is 292 g/mol. The van der Waals surface area contributed by atoms with E-state index < -0.39 is 0 Å². The lowest BCUT2D eigenvalue weighted by Crippen LogP contribution is -2.43. The number of hydrogen-bond acceptors (Lipinski definition) is 2. The predicted molar refractivity (Wildman–Crippen MR) is 82.5 cm³/mol. The molecule has 1 atom stereocenters. The van der Waals surface area contributed by atoms with Crippen molar-refractivity contribution in [3.05, 3.63) is 35.6 Å². The summed E-state index contributed by atoms with van der Waals surface area (Å²) in [5.74, 6) is 0.289. The van der Waals surface area contributed by atoms with E-state index in [2.05, 4.69) is 24.1 Å². The van der Waals surface area contributed by atoms with Gasteiger partial charge in [-0.15, -0.1) is 0 Å². The molecular weight excluding hydrogens is 267 g/mol. The van der Waals surface area contributed by atoms with Crippen LogP contribution in [0.15, 0.2) is 24.3 Å². The zero-order chi connectivity index (χ0) is 15.2. The van der Waals surface area contributed by atoms with Crippen molar-refractivity contribution in [3.63, 3.8) is 0 Å². The maximum Gasteiger partial charge on any atom is 0.224 e. The zero-order valence-electron chi connectivity index (χ0n) is 12.9. The number of hydrogen-bond donors (Lipinski definition) is 1. The van der Waals surface area contributed by atoms with Crippen molar-refractivity contribution < 1.29 is 9.18 Å². The second kappa shape index (κ2) is 7.55. The second-order valence-electron chi connectivity index (χ2n) is 6.20. The molecule has 1 N–H and O–H groups in total. The molecule has 0 aliphatic carbocycles. The highest BCUT2D eigenvalue weighted by Crippen LogP contribution is 2.17. The van der Waals surface area contributed by atoms with E-state index in [4.69, 9.17) is 0 Å². The molecule has 0 saturated carbocycles. The van der Waals surface area contributed by atoms with E-state index in [-0.39, 0.29) is 11.7 Å². The third-order valence-electron chi connectivity index (χ3n) is 4.15. The van der Waals surface area contributed by atoms with Gasteiger partial charge in [-0.25, -0.2) is 4.39 Å². The lowest BCUT2D eigenvalue weighted by molar-refractivity contribution is -0.120. The molecule has 1 amide bonds. The van der Waals surface area contributed by atoms with Gasteiger partial charge in [-0.3, -0.25) is 4.79 Å². The third-order valence-corrected chi connectivity index (χ3v) is 4.15. The molecular formula is C17H25FN2O. The smallest absolute Gasteiger partial charge is 0.224 e. The second-order valence-corrected chi connectivity index (χ2v) is 6.20. The number of rotatable bonds is 5. The summed E-state index contributed by atoms with van der Waals surface area (Å²) in [6.07, 6.45) is 2.71. The van der Waals surface area contributed by atoms with Crippen molar-refractivity contribution >= 4 is 5.91 Å². The van der Waals surface area contributed by atoms with Gasteiger partial charge in [0.05, 0.1) is 6.42 Å². The number of amides is 1. The molecule has 0 radical (unpaired) electrons. The summed E-state index contributed by atoms with van der Waals surface area (Å²) in [5, 5.41) is 3.02. The molecule has 3 nitrogen and oxygen atoms in total. The van der Waals surface area contributed by atoms with Crippen LogP contribution in [0.3, 0.4) is 0 Å². The van der Waals surface area contributed by atoms with Gasteiger partial charge in [0, 0.05) is 19.1 Å². The average molecular weight is 292 g/mol. The van der Waals surface area contributed by atoms with E-state index in [9.17, 15) is 9.18 Å². The van der Waals surface area contributed by atoms with Gasteiger partial charge in [-0.05, 0) is 56.8 Å². The fourth-order valence-electron chi connectivity index (χ4n) is 2.84. The summed E-state index contributed by atoms with van der Waals surface area (Å²) in [6.45, 7) is 7.40. The van der Waals surface area contributed by atoms with Gasteiger partial charge in [0.2, 0.25) is 5.91 Å². The summed E-state index contributed by atoms with van der Waals surface area (Å²) in [6, 6.07) is 6.68. The molecule has 0 bridgehead atoms. The molecule has 1 aromatic rings. The Hall–Kier alpha value is -1.42. The van der Waals surface area contributed by atoms with Crippen molar-refractivity contribution in [1.82, 2.24) is 10.2 Å². The van der Waals surface area contributed by atoms with Crippen LogP contribution in [0.25, 0.3) is 0 Å². The number of nitrogens with one attached hydrogen (secondary N) is 1. The molecule has 2 rings (SSSR count). The van der Waals surface area contributed by atoms with Crippen LogP contribution in [0.2, 0.25) is 0 Å². The van der Waals surface area contributed by atoms with Gasteiger partial charge in [-0.1, -0.05) is 12.1 Å². The molecule has 1 aromatic carbocycles. The molecule has 116 valence electrons. The van der Waals surface area contributed by atoms with Gasteiger partial charge in [0.25, 0.3) is 0 Å². The molecule has 0 spiro atoms. The van der Waals surface area contributed by atoms with Gasteiger partial charge in [0.15, 0.2) is 0 Å². The fourth-order valence-corrected chi connectivity index (χ4v) is 2.84. The van der Waals surface area contributed by atoms with E-state index in [0.717, 1.165) is 25.2 Å². The molecule has 1 aliphatic heterocycles. The molecule has 1 heterocycles. The van der Waals surface area contributed by atoms with E-state index >= 15 is 0 Å². The van der Waals surface area contributed by atoms with Crippen LogP contribution in [0, 0.1) is 11.7 Å². The van der Waals surface area contributed by atoms with Crippen LogP contribution in [0.4, 0.5) is 4.39 Å². The number of carbonyl (C=O) groups excluding carboxylic acids is 1. The molecule has 21 heavy (non-hydrogen) atoms.